The molecular weight excluding hydrogens is 290 g/mol. The molecule has 0 heterocycles. The second-order valence-corrected chi connectivity index (χ2v) is 5.35. The van der Waals surface area contributed by atoms with E-state index >= 15 is 0 Å². The van der Waals surface area contributed by atoms with Gasteiger partial charge in [0.25, 0.3) is 0 Å². The number of amides is 2. The quantitative estimate of drug-likeness (QED) is 0.862. The van der Waals surface area contributed by atoms with E-state index in [1.54, 1.807) is 24.1 Å². The highest BCUT2D eigenvalue weighted by Gasteiger charge is 2.09. The predicted octanol–water partition coefficient (Wildman–Crippen LogP) is 2.72. The third-order valence-corrected chi connectivity index (χ3v) is 3.32. The van der Waals surface area contributed by atoms with Gasteiger partial charge in [-0.1, -0.05) is 36.4 Å². The minimum Gasteiger partial charge on any atom is -0.376 e. The van der Waals surface area contributed by atoms with Crippen LogP contribution in [0.3, 0.4) is 0 Å². The Morgan fingerprint density at radius 2 is 1.70 bits per heavy atom. The Bertz CT molecular complexity index is 671. The molecule has 0 aliphatic heterocycles. The topological polar surface area (TPSA) is 61.4 Å². The van der Waals surface area contributed by atoms with E-state index in [9.17, 15) is 9.59 Å². The second kappa shape index (κ2) is 7.98. The molecule has 2 amide bonds. The van der Waals surface area contributed by atoms with Gasteiger partial charge in [-0.3, -0.25) is 9.59 Å². The summed E-state index contributed by atoms with van der Waals surface area (Å²) in [5.74, 6) is -0.125. The van der Waals surface area contributed by atoms with Crippen molar-refractivity contribution in [1.29, 1.82) is 0 Å². The Balaban J connectivity index is 1.87. The Labute approximate surface area is 136 Å². The van der Waals surface area contributed by atoms with Crippen LogP contribution in [0.4, 0.5) is 11.4 Å². The van der Waals surface area contributed by atoms with Crippen LogP contribution in [-0.2, 0) is 16.1 Å². The molecule has 0 fully saturated rings. The second-order valence-electron chi connectivity index (χ2n) is 5.35. The van der Waals surface area contributed by atoms with Crippen molar-refractivity contribution >= 4 is 23.2 Å². The minimum absolute atomic E-state index is 0.00113. The van der Waals surface area contributed by atoms with Gasteiger partial charge in [0.1, 0.15) is 0 Å². The van der Waals surface area contributed by atoms with E-state index in [2.05, 4.69) is 10.6 Å². The molecule has 0 aliphatic rings. The largest absolute Gasteiger partial charge is 0.376 e. The van der Waals surface area contributed by atoms with Gasteiger partial charge in [0, 0.05) is 31.9 Å². The van der Waals surface area contributed by atoms with Crippen LogP contribution in [0, 0.1) is 0 Å². The van der Waals surface area contributed by atoms with Crippen LogP contribution < -0.4 is 10.6 Å². The molecule has 0 aliphatic carbocycles. The third-order valence-electron chi connectivity index (χ3n) is 3.32. The number of rotatable bonds is 6. The van der Waals surface area contributed by atoms with Gasteiger partial charge in [0.2, 0.25) is 11.8 Å². The highest BCUT2D eigenvalue weighted by atomic mass is 16.2. The van der Waals surface area contributed by atoms with Crippen LogP contribution in [-0.4, -0.2) is 30.3 Å². The molecule has 2 rings (SSSR count). The normalized spacial score (nSPS) is 10.0. The Hall–Kier alpha value is -2.82. The summed E-state index contributed by atoms with van der Waals surface area (Å²) >= 11 is 0. The van der Waals surface area contributed by atoms with Crippen LogP contribution in [0.5, 0.6) is 0 Å². The summed E-state index contributed by atoms with van der Waals surface area (Å²) in [6.07, 6.45) is 0. The number of benzene rings is 2. The summed E-state index contributed by atoms with van der Waals surface area (Å²) in [6, 6.07) is 17.1. The monoisotopic (exact) mass is 311 g/mol. The van der Waals surface area contributed by atoms with Gasteiger partial charge in [0.15, 0.2) is 0 Å². The van der Waals surface area contributed by atoms with E-state index in [0.717, 1.165) is 11.3 Å². The lowest BCUT2D eigenvalue weighted by atomic mass is 10.2. The van der Waals surface area contributed by atoms with E-state index in [-0.39, 0.29) is 18.4 Å². The first-order valence-electron chi connectivity index (χ1n) is 7.44. The highest BCUT2D eigenvalue weighted by Crippen LogP contribution is 2.15. The average Bonchev–Trinajstić information content (AvgIpc) is 2.53. The molecule has 120 valence electrons. The van der Waals surface area contributed by atoms with Crippen LogP contribution in [0.15, 0.2) is 54.6 Å². The van der Waals surface area contributed by atoms with Crippen molar-refractivity contribution in [2.75, 3.05) is 24.2 Å². The van der Waals surface area contributed by atoms with Gasteiger partial charge in [-0.15, -0.1) is 0 Å². The molecule has 0 bridgehead atoms. The summed E-state index contributed by atoms with van der Waals surface area (Å²) in [7, 11) is 1.78. The van der Waals surface area contributed by atoms with Gasteiger partial charge in [-0.25, -0.2) is 0 Å². The zero-order valence-corrected chi connectivity index (χ0v) is 13.4. The van der Waals surface area contributed by atoms with Crippen molar-refractivity contribution in [1.82, 2.24) is 4.90 Å². The van der Waals surface area contributed by atoms with Crippen molar-refractivity contribution in [2.45, 2.75) is 13.5 Å². The molecule has 2 N–H and O–H groups in total. The molecule has 5 heteroatoms. The number of nitrogens with zero attached hydrogens (tertiary/aromatic N) is 1. The predicted molar refractivity (Wildman–Crippen MR) is 92.2 cm³/mol. The van der Waals surface area contributed by atoms with E-state index in [1.807, 2.05) is 42.5 Å². The summed E-state index contributed by atoms with van der Waals surface area (Å²) in [6.45, 7) is 2.24. The average molecular weight is 311 g/mol. The maximum absolute atomic E-state index is 12.2. The smallest absolute Gasteiger partial charge is 0.241 e. The third kappa shape index (κ3) is 5.47. The first kappa shape index (κ1) is 16.5. The number of hydrogen-bond acceptors (Lipinski definition) is 3. The van der Waals surface area contributed by atoms with Crippen LogP contribution in [0.25, 0.3) is 0 Å². The number of hydrogen-bond donors (Lipinski definition) is 2. The Morgan fingerprint density at radius 3 is 2.39 bits per heavy atom. The molecule has 2 aromatic rings. The van der Waals surface area contributed by atoms with Gasteiger partial charge >= 0.3 is 0 Å². The van der Waals surface area contributed by atoms with E-state index in [0.29, 0.717) is 12.2 Å². The molecule has 23 heavy (non-hydrogen) atoms. The Kier molecular flexibility index (Phi) is 5.74. The zero-order chi connectivity index (χ0) is 16.7. The van der Waals surface area contributed by atoms with Gasteiger partial charge in [-0.05, 0) is 23.8 Å². The maximum Gasteiger partial charge on any atom is 0.241 e. The molecular formula is C18H21N3O2. The molecule has 0 aromatic heterocycles. The van der Waals surface area contributed by atoms with Gasteiger partial charge in [-0.2, -0.15) is 0 Å². The van der Waals surface area contributed by atoms with Crippen LogP contribution in [0.1, 0.15) is 12.5 Å². The lowest BCUT2D eigenvalue weighted by Crippen LogP contribution is -2.31. The van der Waals surface area contributed by atoms with Gasteiger partial charge < -0.3 is 15.5 Å². The first-order valence-corrected chi connectivity index (χ1v) is 7.44. The molecule has 0 saturated carbocycles. The van der Waals surface area contributed by atoms with Crippen molar-refractivity contribution < 1.29 is 9.59 Å². The summed E-state index contributed by atoms with van der Waals surface area (Å²) in [4.78, 5) is 24.9. The highest BCUT2D eigenvalue weighted by molar-refractivity contribution is 5.89. The SMILES string of the molecule is CC(=O)Nc1cccc(NCC(=O)N(C)Cc2ccccc2)c1. The zero-order valence-electron chi connectivity index (χ0n) is 13.4. The number of carbonyl (C=O) groups is 2. The fourth-order valence-corrected chi connectivity index (χ4v) is 2.17. The van der Waals surface area contributed by atoms with Crippen LogP contribution in [0.2, 0.25) is 0 Å². The van der Waals surface area contributed by atoms with Crippen molar-refractivity contribution in [3.8, 4) is 0 Å². The summed E-state index contributed by atoms with van der Waals surface area (Å²) in [5.41, 5.74) is 2.58. The maximum atomic E-state index is 12.2. The number of likely N-dealkylation sites (N-methyl/N-ethyl adjacent to an activating group) is 1. The molecule has 2 aromatic carbocycles. The standard InChI is InChI=1S/C18H21N3O2/c1-14(22)20-17-10-6-9-16(11-17)19-12-18(23)21(2)13-15-7-4-3-5-8-15/h3-11,19H,12-13H2,1-2H3,(H,20,22). The molecule has 0 radical (unpaired) electrons. The summed E-state index contributed by atoms with van der Waals surface area (Å²) in [5, 5.41) is 5.80. The van der Waals surface area contributed by atoms with Crippen molar-refractivity contribution in [2.24, 2.45) is 0 Å². The molecule has 0 atom stereocenters. The molecule has 0 unspecified atom stereocenters. The molecule has 0 spiro atoms. The lowest BCUT2D eigenvalue weighted by molar-refractivity contribution is -0.128. The number of carbonyl (C=O) groups excluding carboxylic acids is 2. The lowest BCUT2D eigenvalue weighted by Gasteiger charge is -2.18. The fraction of sp³-hybridized carbons (Fsp3) is 0.222. The minimum atomic E-state index is -0.124. The number of anilines is 2. The molecule has 5 nitrogen and oxygen atoms in total. The fourth-order valence-electron chi connectivity index (χ4n) is 2.17. The van der Waals surface area contributed by atoms with Gasteiger partial charge in [0.05, 0.1) is 6.54 Å². The van der Waals surface area contributed by atoms with E-state index in [1.165, 1.54) is 6.92 Å². The van der Waals surface area contributed by atoms with E-state index < -0.39 is 0 Å². The van der Waals surface area contributed by atoms with Crippen molar-refractivity contribution in [3.63, 3.8) is 0 Å². The molecule has 0 saturated heterocycles. The van der Waals surface area contributed by atoms with Crippen molar-refractivity contribution in [3.05, 3.63) is 60.2 Å². The van der Waals surface area contributed by atoms with Crippen LogP contribution >= 0.6 is 0 Å². The summed E-state index contributed by atoms with van der Waals surface area (Å²) < 4.78 is 0. The Morgan fingerprint density at radius 1 is 1.00 bits per heavy atom. The number of nitrogens with one attached hydrogen (secondary N) is 2. The first-order chi connectivity index (χ1) is 11.0. The van der Waals surface area contributed by atoms with E-state index in [4.69, 9.17) is 0 Å².